The molecule has 0 aromatic rings. The van der Waals surface area contributed by atoms with E-state index in [1.54, 1.807) is 0 Å². The van der Waals surface area contributed by atoms with Crippen molar-refractivity contribution in [2.75, 3.05) is 5.75 Å². The molecular formula is C17H26O2S. The molecule has 2 nitrogen and oxygen atoms in total. The van der Waals surface area contributed by atoms with Crippen LogP contribution < -0.4 is 0 Å². The highest BCUT2D eigenvalue weighted by Gasteiger charge is 2.57. The number of rotatable bonds is 0. The van der Waals surface area contributed by atoms with Crippen LogP contribution in [0.5, 0.6) is 0 Å². The highest BCUT2D eigenvalue weighted by molar-refractivity contribution is 8.01. The Labute approximate surface area is 126 Å². The maximum absolute atomic E-state index is 12.3. The highest BCUT2D eigenvalue weighted by atomic mass is 32.2. The first-order chi connectivity index (χ1) is 9.59. The lowest BCUT2D eigenvalue weighted by Gasteiger charge is -2.54. The van der Waals surface area contributed by atoms with E-state index in [9.17, 15) is 9.90 Å². The Balaban J connectivity index is 1.58. The molecule has 0 spiro atoms. The number of thioether (sulfide) groups is 1. The number of carbonyl (C=O) groups is 1. The molecule has 1 heterocycles. The molecule has 7 unspecified atom stereocenters. The number of aliphatic hydroxyl groups is 1. The number of ketones is 1. The summed E-state index contributed by atoms with van der Waals surface area (Å²) in [6, 6.07) is 0. The summed E-state index contributed by atoms with van der Waals surface area (Å²) in [5, 5.41) is 9.92. The van der Waals surface area contributed by atoms with E-state index in [1.165, 1.54) is 25.0 Å². The molecule has 0 amide bonds. The largest absolute Gasteiger partial charge is 0.393 e. The molecule has 20 heavy (non-hydrogen) atoms. The minimum atomic E-state index is -0.0534. The van der Waals surface area contributed by atoms with Crippen molar-refractivity contribution in [2.24, 2.45) is 29.6 Å². The van der Waals surface area contributed by atoms with Gasteiger partial charge >= 0.3 is 0 Å². The first-order valence-corrected chi connectivity index (χ1v) is 9.43. The number of aliphatic hydroxyl groups excluding tert-OH is 1. The van der Waals surface area contributed by atoms with Gasteiger partial charge < -0.3 is 5.11 Å². The number of fused-ring (bicyclic) bond motifs is 5. The van der Waals surface area contributed by atoms with Gasteiger partial charge in [0.25, 0.3) is 0 Å². The number of carbonyl (C=O) groups excluding carboxylic acids is 1. The van der Waals surface area contributed by atoms with E-state index in [2.05, 4.69) is 6.92 Å². The van der Waals surface area contributed by atoms with Crippen LogP contribution in [-0.4, -0.2) is 27.5 Å². The third-order valence-electron chi connectivity index (χ3n) is 7.02. The average molecular weight is 294 g/mol. The van der Waals surface area contributed by atoms with Crippen LogP contribution in [0.3, 0.4) is 0 Å². The Kier molecular flexibility index (Phi) is 3.23. The van der Waals surface area contributed by atoms with Crippen LogP contribution in [0.4, 0.5) is 0 Å². The summed E-state index contributed by atoms with van der Waals surface area (Å²) in [5.74, 6) is 5.59. The van der Waals surface area contributed by atoms with Crippen LogP contribution in [0.1, 0.15) is 51.9 Å². The fraction of sp³-hybridized carbons (Fsp3) is 0.941. The van der Waals surface area contributed by atoms with Crippen molar-refractivity contribution in [3.8, 4) is 0 Å². The predicted molar refractivity (Wildman–Crippen MR) is 81.6 cm³/mol. The lowest BCUT2D eigenvalue weighted by atomic mass is 9.58. The molecule has 1 saturated heterocycles. The molecule has 0 bridgehead atoms. The summed E-state index contributed by atoms with van der Waals surface area (Å²) in [6.07, 6.45) is 7.82. The van der Waals surface area contributed by atoms with Gasteiger partial charge in [0, 0.05) is 6.42 Å². The van der Waals surface area contributed by atoms with Gasteiger partial charge in [0.15, 0.2) is 0 Å². The third kappa shape index (κ3) is 1.85. The van der Waals surface area contributed by atoms with E-state index in [0.29, 0.717) is 11.7 Å². The molecule has 1 aliphatic heterocycles. The van der Waals surface area contributed by atoms with Gasteiger partial charge in [-0.1, -0.05) is 0 Å². The van der Waals surface area contributed by atoms with Gasteiger partial charge in [-0.2, -0.15) is 0 Å². The minimum absolute atomic E-state index is 0.0395. The fourth-order valence-electron chi connectivity index (χ4n) is 5.94. The van der Waals surface area contributed by atoms with E-state index in [0.717, 1.165) is 49.4 Å². The summed E-state index contributed by atoms with van der Waals surface area (Å²) in [6.45, 7) is 2.23. The van der Waals surface area contributed by atoms with Crippen molar-refractivity contribution in [1.29, 1.82) is 0 Å². The summed E-state index contributed by atoms with van der Waals surface area (Å²) >= 11 is 1.97. The molecule has 7 atom stereocenters. The van der Waals surface area contributed by atoms with Gasteiger partial charge in [0.2, 0.25) is 0 Å². The molecule has 1 N–H and O–H groups in total. The van der Waals surface area contributed by atoms with Gasteiger partial charge in [-0.25, -0.2) is 0 Å². The van der Waals surface area contributed by atoms with E-state index in [4.69, 9.17) is 0 Å². The van der Waals surface area contributed by atoms with Crippen molar-refractivity contribution in [3.63, 3.8) is 0 Å². The van der Waals surface area contributed by atoms with Crippen LogP contribution in [0.15, 0.2) is 0 Å². The Bertz CT molecular complexity index is 423. The first kappa shape index (κ1) is 13.6. The zero-order valence-corrected chi connectivity index (χ0v) is 13.2. The Morgan fingerprint density at radius 3 is 2.75 bits per heavy atom. The van der Waals surface area contributed by atoms with Crippen molar-refractivity contribution < 1.29 is 9.90 Å². The second kappa shape index (κ2) is 4.74. The zero-order valence-electron chi connectivity index (χ0n) is 12.4. The molecule has 0 aromatic carbocycles. The second-order valence-electron chi connectivity index (χ2n) is 7.78. The maximum Gasteiger partial charge on any atom is 0.148 e. The molecule has 3 heteroatoms. The fourth-order valence-corrected chi connectivity index (χ4v) is 7.74. The normalized spacial score (nSPS) is 55.0. The molecule has 0 radical (unpaired) electrons. The van der Waals surface area contributed by atoms with Crippen LogP contribution in [0.25, 0.3) is 0 Å². The van der Waals surface area contributed by atoms with E-state index in [1.807, 2.05) is 11.8 Å². The van der Waals surface area contributed by atoms with E-state index >= 15 is 0 Å². The summed E-state index contributed by atoms with van der Waals surface area (Å²) in [5.41, 5.74) is 0. The predicted octanol–water partition coefficient (Wildman–Crippen LogP) is 3.27. The topological polar surface area (TPSA) is 37.3 Å². The van der Waals surface area contributed by atoms with Crippen LogP contribution in [-0.2, 0) is 4.79 Å². The molecular weight excluding hydrogens is 268 g/mol. The lowest BCUT2D eigenvalue weighted by Crippen LogP contribution is -2.51. The molecule has 4 fully saturated rings. The minimum Gasteiger partial charge on any atom is -0.393 e. The van der Waals surface area contributed by atoms with Gasteiger partial charge in [0.05, 0.1) is 10.9 Å². The smallest absolute Gasteiger partial charge is 0.148 e. The Morgan fingerprint density at radius 2 is 1.90 bits per heavy atom. The van der Waals surface area contributed by atoms with E-state index in [-0.39, 0.29) is 10.9 Å². The number of Topliss-reactive ketones (excluding diaryl/α,β-unsaturated/α-hetero) is 1. The summed E-state index contributed by atoms with van der Waals surface area (Å²) in [7, 11) is 0. The third-order valence-corrected chi connectivity index (χ3v) is 8.70. The Hall–Kier alpha value is -0.0200. The Morgan fingerprint density at radius 1 is 1.10 bits per heavy atom. The molecule has 112 valence electrons. The van der Waals surface area contributed by atoms with Crippen LogP contribution in [0.2, 0.25) is 0 Å². The van der Waals surface area contributed by atoms with Crippen LogP contribution in [0, 0.1) is 29.6 Å². The van der Waals surface area contributed by atoms with Crippen molar-refractivity contribution in [2.45, 2.75) is 62.7 Å². The number of hydrogen-bond acceptors (Lipinski definition) is 3. The van der Waals surface area contributed by atoms with Gasteiger partial charge in [-0.15, -0.1) is 11.8 Å². The van der Waals surface area contributed by atoms with Crippen molar-refractivity contribution in [1.82, 2.24) is 0 Å². The second-order valence-corrected chi connectivity index (χ2v) is 9.25. The number of hydrogen-bond donors (Lipinski definition) is 1. The summed E-state index contributed by atoms with van der Waals surface area (Å²) in [4.78, 5) is 12.3. The SMILES string of the molecule is CC12SCC3C4CCC(O)CC4CCC3C1CCC2=O. The maximum atomic E-state index is 12.3. The monoisotopic (exact) mass is 294 g/mol. The standard InChI is InChI=1S/C17H26O2S/c1-17-15(6-7-16(17)19)13-4-2-10-8-11(18)3-5-12(10)14(13)9-20-17/h10-15,18H,2-9H2,1H3. The lowest BCUT2D eigenvalue weighted by molar-refractivity contribution is -0.120. The quantitative estimate of drug-likeness (QED) is 0.745. The molecule has 3 saturated carbocycles. The van der Waals surface area contributed by atoms with Gasteiger partial charge in [0.1, 0.15) is 5.78 Å². The first-order valence-electron chi connectivity index (χ1n) is 8.45. The molecule has 4 aliphatic rings. The van der Waals surface area contributed by atoms with E-state index < -0.39 is 0 Å². The summed E-state index contributed by atoms with van der Waals surface area (Å²) < 4.78 is -0.0534. The molecule has 0 aromatic heterocycles. The average Bonchev–Trinajstić information content (AvgIpc) is 2.74. The van der Waals surface area contributed by atoms with Crippen molar-refractivity contribution in [3.05, 3.63) is 0 Å². The molecule has 3 aliphatic carbocycles. The highest BCUT2D eigenvalue weighted by Crippen LogP contribution is 2.60. The van der Waals surface area contributed by atoms with Gasteiger partial charge in [-0.3, -0.25) is 4.79 Å². The van der Waals surface area contributed by atoms with Gasteiger partial charge in [-0.05, 0) is 80.8 Å². The van der Waals surface area contributed by atoms with Crippen LogP contribution >= 0.6 is 11.8 Å². The zero-order chi connectivity index (χ0) is 13.9. The van der Waals surface area contributed by atoms with Crippen molar-refractivity contribution >= 4 is 17.5 Å². The molecule has 4 rings (SSSR count).